The van der Waals surface area contributed by atoms with Crippen LogP contribution in [-0.2, 0) is 4.79 Å². The van der Waals surface area contributed by atoms with Gasteiger partial charge in [0.1, 0.15) is 5.75 Å². The van der Waals surface area contributed by atoms with Gasteiger partial charge in [0, 0.05) is 6.08 Å². The Bertz CT molecular complexity index is 712. The SMILES string of the molecule is COc1ccc(/C=C/C(=O)Oc2cc(C)cc(C)c2)cc1OC. The molecule has 0 aliphatic rings. The van der Waals surface area contributed by atoms with Gasteiger partial charge in [-0.15, -0.1) is 0 Å². The molecular formula is C19H20O4. The van der Waals surface area contributed by atoms with E-state index in [1.807, 2.05) is 38.1 Å². The van der Waals surface area contributed by atoms with Crippen molar-refractivity contribution in [3.63, 3.8) is 0 Å². The maximum absolute atomic E-state index is 11.9. The molecule has 0 saturated heterocycles. The first-order valence-corrected chi connectivity index (χ1v) is 7.22. The lowest BCUT2D eigenvalue weighted by atomic mass is 10.1. The fourth-order valence-corrected chi connectivity index (χ4v) is 2.26. The molecule has 2 aromatic carbocycles. The molecule has 0 saturated carbocycles. The minimum absolute atomic E-state index is 0.426. The number of aryl methyl sites for hydroxylation is 2. The molecule has 0 aliphatic carbocycles. The molecule has 2 aromatic rings. The summed E-state index contributed by atoms with van der Waals surface area (Å²) in [5.74, 6) is 1.37. The van der Waals surface area contributed by atoms with Crippen LogP contribution < -0.4 is 14.2 Å². The second kappa shape index (κ2) is 7.49. The zero-order chi connectivity index (χ0) is 16.8. The molecule has 0 spiro atoms. The number of benzene rings is 2. The summed E-state index contributed by atoms with van der Waals surface area (Å²) in [6.07, 6.45) is 3.06. The van der Waals surface area contributed by atoms with Crippen LogP contribution in [0.3, 0.4) is 0 Å². The lowest BCUT2D eigenvalue weighted by Gasteiger charge is -2.07. The minimum atomic E-state index is -0.426. The zero-order valence-corrected chi connectivity index (χ0v) is 13.8. The van der Waals surface area contributed by atoms with Crippen LogP contribution in [0, 0.1) is 13.8 Å². The molecule has 23 heavy (non-hydrogen) atoms. The van der Waals surface area contributed by atoms with E-state index >= 15 is 0 Å². The van der Waals surface area contributed by atoms with Crippen molar-refractivity contribution in [3.8, 4) is 17.2 Å². The van der Waals surface area contributed by atoms with Gasteiger partial charge in [0.15, 0.2) is 11.5 Å². The van der Waals surface area contributed by atoms with Gasteiger partial charge in [0.2, 0.25) is 0 Å². The molecule has 0 unspecified atom stereocenters. The van der Waals surface area contributed by atoms with E-state index in [4.69, 9.17) is 14.2 Å². The van der Waals surface area contributed by atoms with Gasteiger partial charge >= 0.3 is 5.97 Å². The third-order valence-electron chi connectivity index (χ3n) is 3.23. The second-order valence-electron chi connectivity index (χ2n) is 5.19. The molecule has 0 atom stereocenters. The van der Waals surface area contributed by atoms with Crippen molar-refractivity contribution in [2.45, 2.75) is 13.8 Å². The lowest BCUT2D eigenvalue weighted by Crippen LogP contribution is -2.04. The van der Waals surface area contributed by atoms with Crippen molar-refractivity contribution in [2.75, 3.05) is 14.2 Å². The van der Waals surface area contributed by atoms with Crippen LogP contribution in [0.1, 0.15) is 16.7 Å². The number of esters is 1. The number of carbonyl (C=O) groups excluding carboxylic acids is 1. The van der Waals surface area contributed by atoms with E-state index in [2.05, 4.69) is 0 Å². The average Bonchev–Trinajstić information content (AvgIpc) is 2.51. The third kappa shape index (κ3) is 4.61. The fourth-order valence-electron chi connectivity index (χ4n) is 2.26. The number of carbonyl (C=O) groups is 1. The van der Waals surface area contributed by atoms with E-state index in [9.17, 15) is 4.79 Å². The third-order valence-corrected chi connectivity index (χ3v) is 3.23. The molecule has 0 heterocycles. The van der Waals surface area contributed by atoms with Gasteiger partial charge < -0.3 is 14.2 Å². The molecule has 4 heteroatoms. The molecule has 0 amide bonds. The van der Waals surface area contributed by atoms with E-state index in [0.29, 0.717) is 17.2 Å². The van der Waals surface area contributed by atoms with E-state index in [1.165, 1.54) is 6.08 Å². The molecule has 0 radical (unpaired) electrons. The Morgan fingerprint density at radius 3 is 2.17 bits per heavy atom. The molecular weight excluding hydrogens is 292 g/mol. The average molecular weight is 312 g/mol. The molecule has 0 fully saturated rings. The highest BCUT2D eigenvalue weighted by Crippen LogP contribution is 2.28. The highest BCUT2D eigenvalue weighted by Gasteiger charge is 2.05. The molecule has 2 rings (SSSR count). The standard InChI is InChI=1S/C19H20O4/c1-13-9-14(2)11-16(10-13)23-19(20)8-6-15-5-7-17(21-3)18(12-15)22-4/h5-12H,1-4H3/b8-6+. The summed E-state index contributed by atoms with van der Waals surface area (Å²) < 4.78 is 15.7. The van der Waals surface area contributed by atoms with Crippen LogP contribution in [0.4, 0.5) is 0 Å². The van der Waals surface area contributed by atoms with Gasteiger partial charge in [-0.1, -0.05) is 12.1 Å². The Morgan fingerprint density at radius 1 is 0.913 bits per heavy atom. The van der Waals surface area contributed by atoms with E-state index in [1.54, 1.807) is 32.4 Å². The van der Waals surface area contributed by atoms with Crippen LogP contribution >= 0.6 is 0 Å². The Morgan fingerprint density at radius 2 is 1.57 bits per heavy atom. The first-order chi connectivity index (χ1) is 11.0. The summed E-state index contributed by atoms with van der Waals surface area (Å²) in [7, 11) is 3.15. The van der Waals surface area contributed by atoms with Gasteiger partial charge in [0.05, 0.1) is 14.2 Å². The van der Waals surface area contributed by atoms with Crippen LogP contribution in [-0.4, -0.2) is 20.2 Å². The molecule has 4 nitrogen and oxygen atoms in total. The summed E-state index contributed by atoms with van der Waals surface area (Å²) in [6, 6.07) is 11.1. The van der Waals surface area contributed by atoms with Crippen molar-refractivity contribution in [1.82, 2.24) is 0 Å². The Balaban J connectivity index is 2.09. The fraction of sp³-hybridized carbons (Fsp3) is 0.211. The van der Waals surface area contributed by atoms with E-state index in [-0.39, 0.29) is 0 Å². The van der Waals surface area contributed by atoms with Crippen molar-refractivity contribution < 1.29 is 19.0 Å². The lowest BCUT2D eigenvalue weighted by molar-refractivity contribution is -0.128. The number of hydrogen-bond acceptors (Lipinski definition) is 4. The van der Waals surface area contributed by atoms with Crippen molar-refractivity contribution >= 4 is 12.0 Å². The Hall–Kier alpha value is -2.75. The maximum Gasteiger partial charge on any atom is 0.336 e. The summed E-state index contributed by atoms with van der Waals surface area (Å²) in [5.41, 5.74) is 2.92. The van der Waals surface area contributed by atoms with Gasteiger partial charge in [-0.3, -0.25) is 0 Å². The summed E-state index contributed by atoms with van der Waals surface area (Å²) in [5, 5.41) is 0. The summed E-state index contributed by atoms with van der Waals surface area (Å²) in [4.78, 5) is 11.9. The number of methoxy groups -OCH3 is 2. The van der Waals surface area contributed by atoms with Crippen LogP contribution in [0.15, 0.2) is 42.5 Å². The maximum atomic E-state index is 11.9. The van der Waals surface area contributed by atoms with Gasteiger partial charge in [0.25, 0.3) is 0 Å². The number of hydrogen-bond donors (Lipinski definition) is 0. The van der Waals surface area contributed by atoms with Crippen LogP contribution in [0.5, 0.6) is 17.2 Å². The summed E-state index contributed by atoms with van der Waals surface area (Å²) >= 11 is 0. The monoisotopic (exact) mass is 312 g/mol. The minimum Gasteiger partial charge on any atom is -0.493 e. The normalized spacial score (nSPS) is 10.6. The largest absolute Gasteiger partial charge is 0.493 e. The quantitative estimate of drug-likeness (QED) is 0.476. The molecule has 0 aliphatic heterocycles. The van der Waals surface area contributed by atoms with Gasteiger partial charge in [-0.25, -0.2) is 4.79 Å². The highest BCUT2D eigenvalue weighted by atomic mass is 16.5. The zero-order valence-electron chi connectivity index (χ0n) is 13.8. The van der Waals surface area contributed by atoms with Crippen molar-refractivity contribution in [1.29, 1.82) is 0 Å². The van der Waals surface area contributed by atoms with Crippen LogP contribution in [0.25, 0.3) is 6.08 Å². The molecule has 0 N–H and O–H groups in total. The van der Waals surface area contributed by atoms with Crippen molar-refractivity contribution in [3.05, 3.63) is 59.2 Å². The number of rotatable bonds is 5. The second-order valence-corrected chi connectivity index (χ2v) is 5.19. The first-order valence-electron chi connectivity index (χ1n) is 7.22. The van der Waals surface area contributed by atoms with Gasteiger partial charge in [-0.2, -0.15) is 0 Å². The summed E-state index contributed by atoms with van der Waals surface area (Å²) in [6.45, 7) is 3.92. The molecule has 0 aromatic heterocycles. The van der Waals surface area contributed by atoms with Crippen LogP contribution in [0.2, 0.25) is 0 Å². The van der Waals surface area contributed by atoms with E-state index in [0.717, 1.165) is 16.7 Å². The topological polar surface area (TPSA) is 44.8 Å². The smallest absolute Gasteiger partial charge is 0.336 e. The van der Waals surface area contributed by atoms with Gasteiger partial charge in [-0.05, 0) is 60.9 Å². The highest BCUT2D eigenvalue weighted by molar-refractivity contribution is 5.88. The predicted molar refractivity (Wildman–Crippen MR) is 90.1 cm³/mol. The predicted octanol–water partition coefficient (Wildman–Crippen LogP) is 3.94. The van der Waals surface area contributed by atoms with Crippen molar-refractivity contribution in [2.24, 2.45) is 0 Å². The molecule has 120 valence electrons. The molecule has 0 bridgehead atoms. The van der Waals surface area contributed by atoms with E-state index < -0.39 is 5.97 Å². The Labute approximate surface area is 136 Å². The number of ether oxygens (including phenoxy) is 3. The Kier molecular flexibility index (Phi) is 5.41. The first kappa shape index (κ1) is 16.6.